The number of ether oxygens (including phenoxy) is 2. The second kappa shape index (κ2) is 12.0. The fourth-order valence-corrected chi connectivity index (χ4v) is 3.53. The third-order valence-corrected chi connectivity index (χ3v) is 5.80. The van der Waals surface area contributed by atoms with Gasteiger partial charge in [-0.3, -0.25) is 0 Å². The Labute approximate surface area is 192 Å². The van der Waals surface area contributed by atoms with Crippen LogP contribution in [0.1, 0.15) is 29.5 Å². The van der Waals surface area contributed by atoms with Crippen LogP contribution in [0.4, 0.5) is 0 Å². The number of aliphatic hydroxyl groups excluding tert-OH is 5. The van der Waals surface area contributed by atoms with Gasteiger partial charge in [0.2, 0.25) is 0 Å². The van der Waals surface area contributed by atoms with Gasteiger partial charge in [0, 0.05) is 11.4 Å². The molecule has 0 amide bonds. The predicted molar refractivity (Wildman–Crippen MR) is 120 cm³/mol. The first-order chi connectivity index (χ1) is 15.4. The molecule has 4 atom stereocenters. The summed E-state index contributed by atoms with van der Waals surface area (Å²) in [5.41, 5.74) is 2.61. The molecule has 2 aromatic rings. The average Bonchev–Trinajstić information content (AvgIpc) is 3.63. The van der Waals surface area contributed by atoms with Gasteiger partial charge in [-0.2, -0.15) is 0 Å². The van der Waals surface area contributed by atoms with Crippen molar-refractivity contribution in [1.82, 2.24) is 0 Å². The van der Waals surface area contributed by atoms with Gasteiger partial charge in [-0.25, -0.2) is 0 Å². The van der Waals surface area contributed by atoms with Crippen LogP contribution in [-0.4, -0.2) is 75.9 Å². The Balaban J connectivity index is 1.55. The summed E-state index contributed by atoms with van der Waals surface area (Å²) in [6, 6.07) is 13.0. The van der Waals surface area contributed by atoms with Gasteiger partial charge in [-0.15, -0.1) is 0 Å². The Morgan fingerprint density at radius 1 is 0.875 bits per heavy atom. The van der Waals surface area contributed by atoms with Crippen molar-refractivity contribution in [2.75, 3.05) is 19.8 Å². The molecule has 0 aromatic heterocycles. The summed E-state index contributed by atoms with van der Waals surface area (Å²) in [5, 5.41) is 49.0. The molecule has 176 valence electrons. The Morgan fingerprint density at radius 3 is 2.19 bits per heavy atom. The van der Waals surface area contributed by atoms with Crippen LogP contribution < -0.4 is 4.74 Å². The molecule has 1 aliphatic rings. The Morgan fingerprint density at radius 2 is 1.53 bits per heavy atom. The molecule has 1 aliphatic carbocycles. The second-order valence-corrected chi connectivity index (χ2v) is 8.57. The predicted octanol–water partition coefficient (Wildman–Crippen LogP) is 1.47. The van der Waals surface area contributed by atoms with Gasteiger partial charge >= 0.3 is 0 Å². The zero-order valence-electron chi connectivity index (χ0n) is 17.8. The maximum Gasteiger partial charge on any atom is 0.119 e. The van der Waals surface area contributed by atoms with Crippen LogP contribution in [0.2, 0.25) is 5.02 Å². The summed E-state index contributed by atoms with van der Waals surface area (Å²) >= 11 is 6.35. The first-order valence-electron chi connectivity index (χ1n) is 10.8. The molecule has 7 nitrogen and oxygen atoms in total. The largest absolute Gasteiger partial charge is 0.491 e. The van der Waals surface area contributed by atoms with E-state index in [1.165, 1.54) is 0 Å². The van der Waals surface area contributed by atoms with Crippen LogP contribution in [0.3, 0.4) is 0 Å². The average molecular weight is 467 g/mol. The van der Waals surface area contributed by atoms with Gasteiger partial charge < -0.3 is 35.0 Å². The monoisotopic (exact) mass is 466 g/mol. The molecule has 0 radical (unpaired) electrons. The van der Waals surface area contributed by atoms with Crippen LogP contribution in [0, 0.1) is 0 Å². The van der Waals surface area contributed by atoms with Crippen molar-refractivity contribution >= 4 is 11.6 Å². The lowest BCUT2D eigenvalue weighted by molar-refractivity contribution is -0.114. The van der Waals surface area contributed by atoms with E-state index in [-0.39, 0.29) is 6.42 Å². The highest BCUT2D eigenvalue weighted by Gasteiger charge is 2.30. The number of rotatable bonds is 13. The number of benzene rings is 2. The normalized spacial score (nSPS) is 17.6. The first kappa shape index (κ1) is 24.9. The fourth-order valence-electron chi connectivity index (χ4n) is 3.35. The van der Waals surface area contributed by atoms with Crippen molar-refractivity contribution in [3.63, 3.8) is 0 Å². The molecule has 0 saturated heterocycles. The highest BCUT2D eigenvalue weighted by Crippen LogP contribution is 2.24. The molecule has 0 spiro atoms. The molecule has 0 unspecified atom stereocenters. The van der Waals surface area contributed by atoms with E-state index >= 15 is 0 Å². The third-order valence-electron chi connectivity index (χ3n) is 5.43. The standard InChI is InChI=1S/C24H31ClO7/c25-20-8-3-16(13-21(27)23(29)24(30)22(28)14-26)12-17(20)11-15-1-4-18(5-2-15)31-9-10-32-19-6-7-19/h1-5,8,12,19,21-24,26-30H,6-7,9-11,13-14H2/t21-,22-,23+,24+/m0/s1. The molecular weight excluding hydrogens is 436 g/mol. The molecule has 0 bridgehead atoms. The molecule has 8 heteroatoms. The SMILES string of the molecule is OC[C@H](O)[C@@H](O)[C@H](O)[C@@H](O)Cc1ccc(Cl)c(Cc2ccc(OCCOC3CC3)cc2)c1. The molecule has 3 rings (SSSR count). The van der Waals surface area contributed by atoms with Crippen LogP contribution in [0.15, 0.2) is 42.5 Å². The minimum atomic E-state index is -1.65. The quantitative estimate of drug-likeness (QED) is 0.283. The van der Waals surface area contributed by atoms with Gasteiger partial charge in [-0.1, -0.05) is 35.9 Å². The lowest BCUT2D eigenvalue weighted by Crippen LogP contribution is -2.46. The third kappa shape index (κ3) is 7.42. The van der Waals surface area contributed by atoms with Crippen molar-refractivity contribution < 1.29 is 35.0 Å². The molecule has 5 N–H and O–H groups in total. The van der Waals surface area contributed by atoms with E-state index in [0.717, 1.165) is 35.3 Å². The lowest BCUT2D eigenvalue weighted by Gasteiger charge is -2.25. The van der Waals surface area contributed by atoms with E-state index in [4.69, 9.17) is 26.2 Å². The number of hydrogen-bond acceptors (Lipinski definition) is 7. The molecule has 0 aliphatic heterocycles. The van der Waals surface area contributed by atoms with Crippen LogP contribution in [-0.2, 0) is 17.6 Å². The summed E-state index contributed by atoms with van der Waals surface area (Å²) in [7, 11) is 0. The van der Waals surface area contributed by atoms with Crippen molar-refractivity contribution in [1.29, 1.82) is 0 Å². The van der Waals surface area contributed by atoms with Crippen molar-refractivity contribution in [3.05, 3.63) is 64.2 Å². The summed E-state index contributed by atoms with van der Waals surface area (Å²) in [4.78, 5) is 0. The Hall–Kier alpha value is -1.71. The molecule has 1 fully saturated rings. The molecule has 1 saturated carbocycles. The minimum Gasteiger partial charge on any atom is -0.491 e. The zero-order valence-corrected chi connectivity index (χ0v) is 18.6. The summed E-state index contributed by atoms with van der Waals surface area (Å²) < 4.78 is 11.2. The van der Waals surface area contributed by atoms with E-state index in [2.05, 4.69) is 0 Å². The molecule has 0 heterocycles. The van der Waals surface area contributed by atoms with Gasteiger partial charge in [0.05, 0.1) is 25.4 Å². The number of halogens is 1. The van der Waals surface area contributed by atoms with E-state index in [9.17, 15) is 20.4 Å². The van der Waals surface area contributed by atoms with Crippen LogP contribution in [0.25, 0.3) is 0 Å². The Kier molecular flexibility index (Phi) is 9.31. The smallest absolute Gasteiger partial charge is 0.119 e. The fraction of sp³-hybridized carbons (Fsp3) is 0.500. The van der Waals surface area contributed by atoms with E-state index in [0.29, 0.717) is 30.8 Å². The lowest BCUT2D eigenvalue weighted by atomic mass is 9.95. The number of hydrogen-bond donors (Lipinski definition) is 5. The summed E-state index contributed by atoms with van der Waals surface area (Å²) in [5.74, 6) is 0.772. The maximum atomic E-state index is 10.2. The highest BCUT2D eigenvalue weighted by atomic mass is 35.5. The van der Waals surface area contributed by atoms with Crippen LogP contribution in [0.5, 0.6) is 5.75 Å². The van der Waals surface area contributed by atoms with Gasteiger partial charge in [0.25, 0.3) is 0 Å². The van der Waals surface area contributed by atoms with Gasteiger partial charge in [0.15, 0.2) is 0 Å². The van der Waals surface area contributed by atoms with Crippen molar-refractivity contribution in [2.45, 2.75) is 56.2 Å². The highest BCUT2D eigenvalue weighted by molar-refractivity contribution is 6.31. The topological polar surface area (TPSA) is 120 Å². The van der Waals surface area contributed by atoms with Crippen molar-refractivity contribution in [2.24, 2.45) is 0 Å². The van der Waals surface area contributed by atoms with E-state index < -0.39 is 31.0 Å². The maximum absolute atomic E-state index is 10.2. The molecule has 32 heavy (non-hydrogen) atoms. The Bertz CT molecular complexity index is 841. The minimum absolute atomic E-state index is 0.0518. The van der Waals surface area contributed by atoms with Gasteiger partial charge in [-0.05, 0) is 54.2 Å². The summed E-state index contributed by atoms with van der Waals surface area (Å²) in [6.45, 7) is 0.390. The molecular formula is C24H31ClO7. The second-order valence-electron chi connectivity index (χ2n) is 8.17. The zero-order chi connectivity index (χ0) is 23.1. The van der Waals surface area contributed by atoms with Gasteiger partial charge in [0.1, 0.15) is 30.7 Å². The van der Waals surface area contributed by atoms with Crippen LogP contribution >= 0.6 is 11.6 Å². The molecule has 2 aromatic carbocycles. The van der Waals surface area contributed by atoms with Crippen molar-refractivity contribution in [3.8, 4) is 5.75 Å². The van der Waals surface area contributed by atoms with E-state index in [1.807, 2.05) is 30.3 Å². The summed E-state index contributed by atoms with van der Waals surface area (Å²) in [6.07, 6.45) is -2.76. The first-order valence-corrected chi connectivity index (χ1v) is 11.2. The number of aliphatic hydroxyl groups is 5. The van der Waals surface area contributed by atoms with E-state index in [1.54, 1.807) is 12.1 Å².